The molecule has 0 bridgehead atoms. The lowest BCUT2D eigenvalue weighted by molar-refractivity contribution is -0.123. The lowest BCUT2D eigenvalue weighted by Gasteiger charge is -2.36. The maximum absolute atomic E-state index is 12.9. The number of fused-ring (bicyclic) bond motifs is 1. The van der Waals surface area contributed by atoms with Crippen LogP contribution in [-0.4, -0.2) is 54.9 Å². The van der Waals surface area contributed by atoms with Gasteiger partial charge in [0.05, 0.1) is 23.2 Å². The number of anilines is 1. The largest absolute Gasteiger partial charge is 0.377 e. The number of aromatic nitrogens is 1. The molecule has 2 fully saturated rings. The summed E-state index contributed by atoms with van der Waals surface area (Å²) in [5, 5.41) is 2.88. The van der Waals surface area contributed by atoms with Gasteiger partial charge in [-0.25, -0.2) is 0 Å². The molecule has 2 saturated heterocycles. The fourth-order valence-electron chi connectivity index (χ4n) is 3.30. The minimum atomic E-state index is -0.0535. The highest BCUT2D eigenvalue weighted by Crippen LogP contribution is 2.30. The molecule has 2 aliphatic rings. The van der Waals surface area contributed by atoms with Crippen molar-refractivity contribution in [1.82, 2.24) is 15.2 Å². The summed E-state index contributed by atoms with van der Waals surface area (Å²) in [6.07, 6.45) is 5.04. The Balaban J connectivity index is 1.90. The smallest absolute Gasteiger partial charge is 0.257 e. The van der Waals surface area contributed by atoms with Gasteiger partial charge in [0.15, 0.2) is 0 Å². The second-order valence-electron chi connectivity index (χ2n) is 5.85. The van der Waals surface area contributed by atoms with Crippen LogP contribution in [0.1, 0.15) is 23.2 Å². The molecule has 0 saturated carbocycles. The van der Waals surface area contributed by atoms with E-state index in [1.54, 1.807) is 12.4 Å². The van der Waals surface area contributed by atoms with E-state index in [4.69, 9.17) is 0 Å². The maximum Gasteiger partial charge on any atom is 0.257 e. The molecule has 1 aromatic rings. The highest BCUT2D eigenvalue weighted by Gasteiger charge is 2.43. The van der Waals surface area contributed by atoms with Crippen LogP contribution < -0.4 is 10.2 Å². The topological polar surface area (TPSA) is 65.5 Å². The van der Waals surface area contributed by atoms with E-state index in [-0.39, 0.29) is 23.8 Å². The van der Waals surface area contributed by atoms with Crippen molar-refractivity contribution < 1.29 is 9.59 Å². The quantitative estimate of drug-likeness (QED) is 0.860. The number of rotatable bonds is 2. The zero-order chi connectivity index (χ0) is 15.0. The number of amides is 2. The molecule has 2 atom stereocenters. The third-order valence-electron chi connectivity index (χ3n) is 4.37. The molecule has 1 N–H and O–H groups in total. The Morgan fingerprint density at radius 1 is 1.48 bits per heavy atom. The van der Waals surface area contributed by atoms with E-state index >= 15 is 0 Å². The van der Waals surface area contributed by atoms with Crippen LogP contribution in [0.3, 0.4) is 0 Å². The van der Waals surface area contributed by atoms with E-state index in [1.807, 2.05) is 30.0 Å². The fourth-order valence-corrected chi connectivity index (χ4v) is 3.30. The number of nitrogens with one attached hydrogen (secondary N) is 1. The number of carbonyl (C=O) groups is 2. The monoisotopic (exact) mass is 288 g/mol. The van der Waals surface area contributed by atoms with Crippen molar-refractivity contribution in [3.63, 3.8) is 0 Å². The van der Waals surface area contributed by atoms with Gasteiger partial charge in [-0.15, -0.1) is 0 Å². The molecular weight excluding hydrogens is 268 g/mol. The Morgan fingerprint density at radius 2 is 2.29 bits per heavy atom. The minimum Gasteiger partial charge on any atom is -0.377 e. The summed E-state index contributed by atoms with van der Waals surface area (Å²) in [6, 6.07) is 1.82. The highest BCUT2D eigenvalue weighted by atomic mass is 16.2. The molecule has 112 valence electrons. The number of hydrogen-bond donors (Lipinski definition) is 1. The van der Waals surface area contributed by atoms with Gasteiger partial charge in [-0.1, -0.05) is 0 Å². The summed E-state index contributed by atoms with van der Waals surface area (Å²) in [5.74, 6) is -0.00306. The van der Waals surface area contributed by atoms with Gasteiger partial charge in [0.2, 0.25) is 5.91 Å². The lowest BCUT2D eigenvalue weighted by atomic mass is 9.91. The summed E-state index contributed by atoms with van der Waals surface area (Å²) in [6.45, 7) is 1.27. The van der Waals surface area contributed by atoms with Gasteiger partial charge in [-0.2, -0.15) is 0 Å². The Kier molecular flexibility index (Phi) is 3.53. The average molecular weight is 288 g/mol. The Morgan fingerprint density at radius 3 is 3.05 bits per heavy atom. The first-order chi connectivity index (χ1) is 10.1. The Hall–Kier alpha value is -2.11. The number of nitrogens with zero attached hydrogens (tertiary/aromatic N) is 3. The third kappa shape index (κ3) is 2.34. The zero-order valence-electron chi connectivity index (χ0n) is 12.4. The minimum absolute atomic E-state index is 0.0195. The van der Waals surface area contributed by atoms with Crippen molar-refractivity contribution in [1.29, 1.82) is 0 Å². The molecule has 0 aromatic carbocycles. The second-order valence-corrected chi connectivity index (χ2v) is 5.85. The third-order valence-corrected chi connectivity index (χ3v) is 4.37. The van der Waals surface area contributed by atoms with Gasteiger partial charge in [-0.3, -0.25) is 14.6 Å². The van der Waals surface area contributed by atoms with Crippen molar-refractivity contribution in [2.45, 2.75) is 18.9 Å². The van der Waals surface area contributed by atoms with Crippen LogP contribution in [0, 0.1) is 5.92 Å². The van der Waals surface area contributed by atoms with Crippen molar-refractivity contribution in [3.05, 3.63) is 24.0 Å². The van der Waals surface area contributed by atoms with Crippen LogP contribution in [0.2, 0.25) is 0 Å². The summed E-state index contributed by atoms with van der Waals surface area (Å²) < 4.78 is 0. The normalized spacial score (nSPS) is 24.5. The molecule has 2 aliphatic heterocycles. The molecular formula is C15H20N4O2. The number of piperidine rings is 1. The van der Waals surface area contributed by atoms with Crippen molar-refractivity contribution in [2.75, 3.05) is 32.1 Å². The molecule has 3 rings (SSSR count). The van der Waals surface area contributed by atoms with Gasteiger partial charge in [0.1, 0.15) is 0 Å². The van der Waals surface area contributed by atoms with Crippen LogP contribution in [-0.2, 0) is 4.79 Å². The summed E-state index contributed by atoms with van der Waals surface area (Å²) in [5.41, 5.74) is 1.46. The predicted octanol–water partition coefficient (Wildman–Crippen LogP) is 0.498. The van der Waals surface area contributed by atoms with Gasteiger partial charge in [0.25, 0.3) is 5.91 Å². The van der Waals surface area contributed by atoms with E-state index in [2.05, 4.69) is 10.3 Å². The molecule has 3 heterocycles. The number of carbonyl (C=O) groups excluding carboxylic acids is 2. The molecule has 0 unspecified atom stereocenters. The Labute approximate surface area is 124 Å². The first kappa shape index (κ1) is 13.9. The predicted molar refractivity (Wildman–Crippen MR) is 79.1 cm³/mol. The van der Waals surface area contributed by atoms with Crippen LogP contribution >= 0.6 is 0 Å². The van der Waals surface area contributed by atoms with E-state index in [0.717, 1.165) is 18.5 Å². The molecule has 0 aliphatic carbocycles. The highest BCUT2D eigenvalue weighted by molar-refractivity contribution is 6.00. The molecule has 2 amide bonds. The maximum atomic E-state index is 12.9. The van der Waals surface area contributed by atoms with Crippen LogP contribution in [0.5, 0.6) is 0 Å². The SMILES string of the molecule is CN(C)c1ccncc1C(=O)N1CCC[C@H]2C(=O)NC[C@H]21. The van der Waals surface area contributed by atoms with Gasteiger partial charge >= 0.3 is 0 Å². The van der Waals surface area contributed by atoms with Crippen molar-refractivity contribution in [3.8, 4) is 0 Å². The first-order valence-electron chi connectivity index (χ1n) is 7.29. The van der Waals surface area contributed by atoms with E-state index < -0.39 is 0 Å². The zero-order valence-corrected chi connectivity index (χ0v) is 12.4. The summed E-state index contributed by atoms with van der Waals surface area (Å²) in [7, 11) is 3.82. The number of pyridine rings is 1. The van der Waals surface area contributed by atoms with Gasteiger partial charge < -0.3 is 15.1 Å². The average Bonchev–Trinajstić information content (AvgIpc) is 2.88. The van der Waals surface area contributed by atoms with Crippen molar-refractivity contribution in [2.24, 2.45) is 5.92 Å². The van der Waals surface area contributed by atoms with Gasteiger partial charge in [0, 0.05) is 39.6 Å². The lowest BCUT2D eigenvalue weighted by Crippen LogP contribution is -2.49. The first-order valence-corrected chi connectivity index (χ1v) is 7.29. The molecule has 0 spiro atoms. The Bertz CT molecular complexity index is 573. The fraction of sp³-hybridized carbons (Fsp3) is 0.533. The molecule has 0 radical (unpaired) electrons. The number of likely N-dealkylation sites (tertiary alicyclic amines) is 1. The molecule has 1 aromatic heterocycles. The molecule has 21 heavy (non-hydrogen) atoms. The van der Waals surface area contributed by atoms with E-state index in [0.29, 0.717) is 18.7 Å². The molecule has 6 nitrogen and oxygen atoms in total. The number of hydrogen-bond acceptors (Lipinski definition) is 4. The second kappa shape index (κ2) is 5.35. The summed E-state index contributed by atoms with van der Waals surface area (Å²) in [4.78, 5) is 32.6. The van der Waals surface area contributed by atoms with Crippen LogP contribution in [0.4, 0.5) is 5.69 Å². The van der Waals surface area contributed by atoms with Crippen molar-refractivity contribution >= 4 is 17.5 Å². The summed E-state index contributed by atoms with van der Waals surface area (Å²) >= 11 is 0. The van der Waals surface area contributed by atoms with Gasteiger partial charge in [-0.05, 0) is 18.9 Å². The van der Waals surface area contributed by atoms with Crippen LogP contribution in [0.15, 0.2) is 18.5 Å². The molecule has 6 heteroatoms. The standard InChI is InChI=1S/C15H20N4O2/c1-18(2)12-5-6-16-8-11(12)15(21)19-7-3-4-10-13(19)9-17-14(10)20/h5-6,8,10,13H,3-4,7,9H2,1-2H3,(H,17,20)/t10-,13-/m1/s1. The van der Waals surface area contributed by atoms with E-state index in [1.165, 1.54) is 0 Å². The van der Waals surface area contributed by atoms with E-state index in [9.17, 15) is 9.59 Å². The van der Waals surface area contributed by atoms with Crippen LogP contribution in [0.25, 0.3) is 0 Å².